The van der Waals surface area contributed by atoms with Gasteiger partial charge in [0.15, 0.2) is 6.23 Å². The van der Waals surface area contributed by atoms with Crippen molar-refractivity contribution in [2.75, 3.05) is 24.5 Å². The summed E-state index contributed by atoms with van der Waals surface area (Å²) in [6.45, 7) is 3.63. The van der Waals surface area contributed by atoms with E-state index in [1.165, 1.54) is 12.1 Å². The SMILES string of the molecule is CCCCCC(=O)N1CCN(c2ccc([N+](=O)[O-])cc2)C(CCN)C1Oc1ccc2[nH]ccc2c1. The van der Waals surface area contributed by atoms with Gasteiger partial charge in [-0.2, -0.15) is 0 Å². The number of non-ortho nitro benzene ring substituents is 1. The van der Waals surface area contributed by atoms with Gasteiger partial charge in [0.2, 0.25) is 5.91 Å². The molecule has 1 fully saturated rings. The standard InChI is InChI=1S/C26H33N5O4/c1-2-3-4-5-25(32)30-17-16-29(20-6-8-21(9-7-20)31(33)34)24(12-14-27)26(30)35-22-10-11-23-19(18-22)13-15-28-23/h6-11,13,15,18,24,26,28H,2-5,12,14,16-17,27H2,1H3. The van der Waals surface area contributed by atoms with Gasteiger partial charge in [0.25, 0.3) is 5.69 Å². The zero-order valence-corrected chi connectivity index (χ0v) is 20.1. The Morgan fingerprint density at radius 3 is 2.69 bits per heavy atom. The number of fused-ring (bicyclic) bond motifs is 1. The first-order valence-electron chi connectivity index (χ1n) is 12.3. The number of piperazine rings is 1. The molecule has 0 spiro atoms. The van der Waals surface area contributed by atoms with Crippen LogP contribution in [0.4, 0.5) is 11.4 Å². The van der Waals surface area contributed by atoms with Gasteiger partial charge in [-0.15, -0.1) is 0 Å². The van der Waals surface area contributed by atoms with Crippen molar-refractivity contribution < 1.29 is 14.5 Å². The smallest absolute Gasteiger partial charge is 0.269 e. The van der Waals surface area contributed by atoms with Crippen molar-refractivity contribution in [1.29, 1.82) is 0 Å². The second-order valence-electron chi connectivity index (χ2n) is 8.89. The molecule has 1 aliphatic rings. The highest BCUT2D eigenvalue weighted by Crippen LogP contribution is 2.31. The monoisotopic (exact) mass is 479 g/mol. The molecule has 186 valence electrons. The van der Waals surface area contributed by atoms with E-state index in [4.69, 9.17) is 10.5 Å². The molecule has 2 aromatic carbocycles. The number of hydrogen-bond donors (Lipinski definition) is 2. The summed E-state index contributed by atoms with van der Waals surface area (Å²) < 4.78 is 6.54. The number of nitrogens with one attached hydrogen (secondary N) is 1. The third-order valence-electron chi connectivity index (χ3n) is 6.57. The third-order valence-corrected chi connectivity index (χ3v) is 6.57. The molecule has 9 nitrogen and oxygen atoms in total. The van der Waals surface area contributed by atoms with Crippen molar-refractivity contribution in [3.63, 3.8) is 0 Å². The van der Waals surface area contributed by atoms with E-state index in [-0.39, 0.29) is 17.6 Å². The van der Waals surface area contributed by atoms with Crippen LogP contribution in [0.25, 0.3) is 10.9 Å². The molecular weight excluding hydrogens is 446 g/mol. The molecule has 0 radical (unpaired) electrons. The number of carbonyl (C=O) groups is 1. The van der Waals surface area contributed by atoms with E-state index < -0.39 is 11.2 Å². The minimum atomic E-state index is -0.534. The van der Waals surface area contributed by atoms with Crippen molar-refractivity contribution in [3.8, 4) is 5.75 Å². The Morgan fingerprint density at radius 1 is 1.17 bits per heavy atom. The number of aromatic nitrogens is 1. The number of aromatic amines is 1. The zero-order chi connectivity index (χ0) is 24.8. The van der Waals surface area contributed by atoms with Crippen LogP contribution in [0.5, 0.6) is 5.75 Å². The first-order valence-corrected chi connectivity index (χ1v) is 12.3. The number of hydrogen-bond acceptors (Lipinski definition) is 6. The predicted molar refractivity (Wildman–Crippen MR) is 136 cm³/mol. The van der Waals surface area contributed by atoms with E-state index in [1.807, 2.05) is 35.4 Å². The lowest BCUT2D eigenvalue weighted by Crippen LogP contribution is -2.63. The summed E-state index contributed by atoms with van der Waals surface area (Å²) in [5, 5.41) is 12.1. The molecule has 1 saturated heterocycles. The summed E-state index contributed by atoms with van der Waals surface area (Å²) in [6, 6.07) is 14.1. The molecule has 2 heterocycles. The minimum absolute atomic E-state index is 0.0430. The fraction of sp³-hybridized carbons (Fsp3) is 0.423. The number of nitro groups is 1. The van der Waals surface area contributed by atoms with E-state index in [9.17, 15) is 14.9 Å². The Hall–Kier alpha value is -3.59. The lowest BCUT2D eigenvalue weighted by molar-refractivity contribution is -0.384. The Kier molecular flexibility index (Phi) is 7.87. The maximum atomic E-state index is 13.3. The molecule has 1 amide bonds. The van der Waals surface area contributed by atoms with Crippen LogP contribution in [0, 0.1) is 10.1 Å². The van der Waals surface area contributed by atoms with Crippen molar-refractivity contribution in [3.05, 3.63) is 64.8 Å². The van der Waals surface area contributed by atoms with Crippen LogP contribution in [0.3, 0.4) is 0 Å². The second kappa shape index (κ2) is 11.2. The summed E-state index contributed by atoms with van der Waals surface area (Å²) in [5.41, 5.74) is 7.93. The molecule has 4 rings (SSSR count). The maximum Gasteiger partial charge on any atom is 0.269 e. The zero-order valence-electron chi connectivity index (χ0n) is 20.1. The second-order valence-corrected chi connectivity index (χ2v) is 8.89. The number of unbranched alkanes of at least 4 members (excludes halogenated alkanes) is 2. The topological polar surface area (TPSA) is 118 Å². The van der Waals surface area contributed by atoms with E-state index in [2.05, 4.69) is 16.8 Å². The first-order chi connectivity index (χ1) is 17.0. The Bertz CT molecular complexity index is 1150. The van der Waals surface area contributed by atoms with Gasteiger partial charge in [-0.25, -0.2) is 0 Å². The Balaban J connectivity index is 1.65. The van der Waals surface area contributed by atoms with Gasteiger partial charge in [0.05, 0.1) is 11.0 Å². The van der Waals surface area contributed by atoms with Crippen LogP contribution >= 0.6 is 0 Å². The molecule has 2 atom stereocenters. The van der Waals surface area contributed by atoms with E-state index in [0.29, 0.717) is 38.2 Å². The van der Waals surface area contributed by atoms with Crippen molar-refractivity contribution in [1.82, 2.24) is 9.88 Å². The third kappa shape index (κ3) is 5.57. The lowest BCUT2D eigenvalue weighted by atomic mass is 10.0. The highest BCUT2D eigenvalue weighted by Gasteiger charge is 2.40. The van der Waals surface area contributed by atoms with Gasteiger partial charge in [0.1, 0.15) is 5.75 Å². The van der Waals surface area contributed by atoms with Crippen LogP contribution in [0.15, 0.2) is 54.7 Å². The summed E-state index contributed by atoms with van der Waals surface area (Å²) in [4.78, 5) is 31.2. The van der Waals surface area contributed by atoms with Crippen molar-refractivity contribution in [2.45, 2.75) is 51.3 Å². The number of nitro benzene ring substituents is 1. The van der Waals surface area contributed by atoms with E-state index >= 15 is 0 Å². The molecule has 1 aromatic heterocycles. The minimum Gasteiger partial charge on any atom is -0.468 e. The Morgan fingerprint density at radius 2 is 1.97 bits per heavy atom. The molecule has 0 aliphatic carbocycles. The highest BCUT2D eigenvalue weighted by molar-refractivity contribution is 5.81. The summed E-state index contributed by atoms with van der Waals surface area (Å²) in [5.74, 6) is 0.762. The number of amides is 1. The van der Waals surface area contributed by atoms with Gasteiger partial charge in [-0.3, -0.25) is 14.9 Å². The highest BCUT2D eigenvalue weighted by atomic mass is 16.6. The van der Waals surface area contributed by atoms with Gasteiger partial charge < -0.3 is 25.3 Å². The first kappa shape index (κ1) is 24.5. The summed E-state index contributed by atoms with van der Waals surface area (Å²) >= 11 is 0. The van der Waals surface area contributed by atoms with Crippen LogP contribution in [-0.4, -0.2) is 52.6 Å². The van der Waals surface area contributed by atoms with Crippen LogP contribution < -0.4 is 15.4 Å². The number of nitrogens with zero attached hydrogens (tertiary/aromatic N) is 3. The number of carbonyl (C=O) groups excluding carboxylic acids is 1. The molecule has 35 heavy (non-hydrogen) atoms. The molecule has 2 unspecified atom stereocenters. The average molecular weight is 480 g/mol. The largest absolute Gasteiger partial charge is 0.468 e. The number of benzene rings is 2. The lowest BCUT2D eigenvalue weighted by Gasteiger charge is -2.48. The van der Waals surface area contributed by atoms with Gasteiger partial charge in [-0.1, -0.05) is 19.8 Å². The molecule has 3 N–H and O–H groups in total. The molecule has 9 heteroatoms. The average Bonchev–Trinajstić information content (AvgIpc) is 3.33. The fourth-order valence-electron chi connectivity index (χ4n) is 4.75. The summed E-state index contributed by atoms with van der Waals surface area (Å²) in [6.07, 6.45) is 5.34. The maximum absolute atomic E-state index is 13.3. The predicted octanol–water partition coefficient (Wildman–Crippen LogP) is 4.43. The number of ether oxygens (including phenoxy) is 1. The number of anilines is 1. The molecular formula is C26H33N5O4. The van der Waals surface area contributed by atoms with E-state index in [0.717, 1.165) is 35.9 Å². The van der Waals surface area contributed by atoms with Crippen LogP contribution in [0.2, 0.25) is 0 Å². The van der Waals surface area contributed by atoms with Crippen molar-refractivity contribution in [2.24, 2.45) is 5.73 Å². The van der Waals surface area contributed by atoms with Crippen LogP contribution in [0.1, 0.15) is 39.0 Å². The number of nitrogens with two attached hydrogens (primary N) is 1. The normalized spacial score (nSPS) is 18.1. The Labute approximate surface area is 205 Å². The molecule has 0 saturated carbocycles. The molecule has 3 aromatic rings. The molecule has 0 bridgehead atoms. The van der Waals surface area contributed by atoms with Crippen LogP contribution in [-0.2, 0) is 4.79 Å². The van der Waals surface area contributed by atoms with Gasteiger partial charge in [0, 0.05) is 54.4 Å². The van der Waals surface area contributed by atoms with Gasteiger partial charge in [-0.05, 0) is 55.8 Å². The summed E-state index contributed by atoms with van der Waals surface area (Å²) in [7, 11) is 0. The van der Waals surface area contributed by atoms with Gasteiger partial charge >= 0.3 is 0 Å². The number of H-pyrrole nitrogens is 1. The fourth-order valence-corrected chi connectivity index (χ4v) is 4.75. The molecule has 1 aliphatic heterocycles. The quantitative estimate of drug-likeness (QED) is 0.252. The van der Waals surface area contributed by atoms with Crippen molar-refractivity contribution >= 4 is 28.2 Å². The van der Waals surface area contributed by atoms with E-state index in [1.54, 1.807) is 12.1 Å². The number of rotatable bonds is 10.